The molecule has 0 saturated carbocycles. The molecule has 5 nitrogen and oxygen atoms in total. The van der Waals surface area contributed by atoms with E-state index in [4.69, 9.17) is 27.9 Å². The predicted molar refractivity (Wildman–Crippen MR) is 66.5 cm³/mol. The summed E-state index contributed by atoms with van der Waals surface area (Å²) in [4.78, 5) is 0. The molecule has 7 heteroatoms. The molecule has 1 aliphatic heterocycles. The Hall–Kier alpha value is -0.880. The van der Waals surface area contributed by atoms with E-state index in [-0.39, 0.29) is 0 Å². The van der Waals surface area contributed by atoms with E-state index < -0.39 is 0 Å². The van der Waals surface area contributed by atoms with Crippen molar-refractivity contribution in [3.63, 3.8) is 0 Å². The first kappa shape index (κ1) is 12.6. The molecule has 1 fully saturated rings. The summed E-state index contributed by atoms with van der Waals surface area (Å²) in [7, 11) is 0. The van der Waals surface area contributed by atoms with Crippen LogP contribution in [0.2, 0.25) is 10.0 Å². The quantitative estimate of drug-likeness (QED) is 0.681. The van der Waals surface area contributed by atoms with E-state index in [1.165, 1.54) is 0 Å². The van der Waals surface area contributed by atoms with Crippen LogP contribution >= 0.6 is 23.2 Å². The molecule has 0 unspecified atom stereocenters. The summed E-state index contributed by atoms with van der Waals surface area (Å²) in [6.07, 6.45) is 0. The first-order valence-electron chi connectivity index (χ1n) is 5.20. The van der Waals surface area contributed by atoms with Gasteiger partial charge in [-0.3, -0.25) is 0 Å². The minimum Gasteiger partial charge on any atom is -0.379 e. The van der Waals surface area contributed by atoms with Gasteiger partial charge < -0.3 is 4.74 Å². The molecule has 0 atom stereocenters. The summed E-state index contributed by atoms with van der Waals surface area (Å²) >= 11 is 11.7. The normalized spacial score (nSPS) is 17.5. The minimum absolute atomic E-state index is 0.467. The number of hydrogen-bond donors (Lipinski definition) is 1. The van der Waals surface area contributed by atoms with Crippen LogP contribution < -0.4 is 5.53 Å². The van der Waals surface area contributed by atoms with E-state index in [1.54, 1.807) is 18.2 Å². The smallest absolute Gasteiger partial charge is 0.0890 e. The van der Waals surface area contributed by atoms with Crippen LogP contribution in [-0.2, 0) is 4.74 Å². The van der Waals surface area contributed by atoms with Crippen LogP contribution in [0.15, 0.2) is 28.5 Å². The van der Waals surface area contributed by atoms with Gasteiger partial charge in [-0.2, -0.15) is 0 Å². The van der Waals surface area contributed by atoms with Gasteiger partial charge in [-0.25, -0.2) is 10.5 Å². The number of rotatable bonds is 3. The third kappa shape index (κ3) is 3.81. The molecular weight excluding hydrogens is 263 g/mol. The zero-order chi connectivity index (χ0) is 12.1. The lowest BCUT2D eigenvalue weighted by Gasteiger charge is -2.24. The molecule has 1 saturated heterocycles. The molecule has 1 N–H and O–H groups in total. The average molecular weight is 275 g/mol. The molecular formula is C10H12Cl2N4O. The summed E-state index contributed by atoms with van der Waals surface area (Å²) < 4.78 is 5.21. The van der Waals surface area contributed by atoms with Crippen molar-refractivity contribution in [1.82, 2.24) is 10.5 Å². The van der Waals surface area contributed by atoms with Gasteiger partial charge in [-0.05, 0) is 18.2 Å². The molecule has 1 aliphatic rings. The maximum atomic E-state index is 5.86. The molecule has 2 rings (SSSR count). The van der Waals surface area contributed by atoms with Crippen LogP contribution in [0.1, 0.15) is 0 Å². The van der Waals surface area contributed by atoms with E-state index in [2.05, 4.69) is 15.9 Å². The molecule has 92 valence electrons. The molecule has 1 aromatic rings. The number of nitrogens with zero attached hydrogens (tertiary/aromatic N) is 3. The lowest BCUT2D eigenvalue weighted by atomic mass is 10.3. The largest absolute Gasteiger partial charge is 0.379 e. The lowest BCUT2D eigenvalue weighted by molar-refractivity contribution is 0.0110. The number of hydrogen-bond acceptors (Lipinski definition) is 4. The van der Waals surface area contributed by atoms with Gasteiger partial charge in [-0.15, -0.1) is 5.11 Å². The highest BCUT2D eigenvalue weighted by atomic mass is 35.5. The second kappa shape index (κ2) is 6.16. The van der Waals surface area contributed by atoms with Crippen molar-refractivity contribution in [2.45, 2.75) is 0 Å². The molecule has 1 heterocycles. The maximum absolute atomic E-state index is 5.86. The number of benzene rings is 1. The van der Waals surface area contributed by atoms with E-state index in [0.717, 1.165) is 13.1 Å². The van der Waals surface area contributed by atoms with Gasteiger partial charge in [0.2, 0.25) is 0 Å². The van der Waals surface area contributed by atoms with Crippen LogP contribution in [0.3, 0.4) is 0 Å². The van der Waals surface area contributed by atoms with Crippen molar-refractivity contribution in [3.05, 3.63) is 28.2 Å². The van der Waals surface area contributed by atoms with Gasteiger partial charge in [0.05, 0.1) is 28.9 Å². The molecule has 0 aliphatic carbocycles. The molecule has 0 radical (unpaired) electrons. The fourth-order valence-electron chi connectivity index (χ4n) is 1.35. The Morgan fingerprint density at radius 3 is 2.65 bits per heavy atom. The second-order valence-corrected chi connectivity index (χ2v) is 4.31. The van der Waals surface area contributed by atoms with Crippen LogP contribution in [0.5, 0.6) is 0 Å². The Balaban J connectivity index is 1.88. The minimum atomic E-state index is 0.467. The fourth-order valence-corrected chi connectivity index (χ4v) is 1.65. The van der Waals surface area contributed by atoms with Crippen LogP contribution in [0.4, 0.5) is 5.69 Å². The SMILES string of the molecule is Clc1ccc(N=NNN2CCOCC2)cc1Cl. The molecule has 0 bridgehead atoms. The highest BCUT2D eigenvalue weighted by Gasteiger charge is 2.08. The van der Waals surface area contributed by atoms with E-state index in [1.807, 2.05) is 5.01 Å². The zero-order valence-electron chi connectivity index (χ0n) is 9.07. The molecule has 0 aromatic heterocycles. The van der Waals surface area contributed by atoms with E-state index >= 15 is 0 Å². The Bertz CT molecular complexity index is 407. The summed E-state index contributed by atoms with van der Waals surface area (Å²) in [6, 6.07) is 5.10. The number of halogens is 2. The van der Waals surface area contributed by atoms with Crippen LogP contribution in [-0.4, -0.2) is 31.3 Å². The van der Waals surface area contributed by atoms with Gasteiger partial charge in [-0.1, -0.05) is 28.4 Å². The average Bonchev–Trinajstić information content (AvgIpc) is 2.35. The van der Waals surface area contributed by atoms with Gasteiger partial charge in [0, 0.05) is 13.1 Å². The Morgan fingerprint density at radius 1 is 1.18 bits per heavy atom. The standard InChI is InChI=1S/C10H12Cl2N4O/c11-9-2-1-8(7-10(9)12)13-14-15-16-3-5-17-6-4-16/h1-2,7H,3-6H2,(H,13,15). The third-order valence-electron chi connectivity index (χ3n) is 2.27. The monoisotopic (exact) mass is 274 g/mol. The lowest BCUT2D eigenvalue weighted by Crippen LogP contribution is -2.43. The Morgan fingerprint density at radius 2 is 1.94 bits per heavy atom. The molecule has 1 aromatic carbocycles. The Kier molecular flexibility index (Phi) is 4.56. The van der Waals surface area contributed by atoms with Crippen molar-refractivity contribution < 1.29 is 4.74 Å². The van der Waals surface area contributed by atoms with E-state index in [9.17, 15) is 0 Å². The maximum Gasteiger partial charge on any atom is 0.0890 e. The number of nitrogens with one attached hydrogen (secondary N) is 1. The van der Waals surface area contributed by atoms with Gasteiger partial charge in [0.1, 0.15) is 0 Å². The highest BCUT2D eigenvalue weighted by molar-refractivity contribution is 6.42. The van der Waals surface area contributed by atoms with Crippen molar-refractivity contribution in [2.24, 2.45) is 10.3 Å². The first-order valence-corrected chi connectivity index (χ1v) is 5.95. The van der Waals surface area contributed by atoms with E-state index in [0.29, 0.717) is 28.9 Å². The van der Waals surface area contributed by atoms with Crippen LogP contribution in [0, 0.1) is 0 Å². The van der Waals surface area contributed by atoms with Crippen molar-refractivity contribution >= 4 is 28.9 Å². The first-order chi connectivity index (χ1) is 8.25. The van der Waals surface area contributed by atoms with Gasteiger partial charge in [0.25, 0.3) is 0 Å². The Labute approximate surface area is 109 Å². The topological polar surface area (TPSA) is 49.2 Å². The molecule has 0 amide bonds. The number of ether oxygens (including phenoxy) is 1. The molecule has 17 heavy (non-hydrogen) atoms. The van der Waals surface area contributed by atoms with Gasteiger partial charge in [0.15, 0.2) is 0 Å². The second-order valence-electron chi connectivity index (χ2n) is 3.50. The summed E-state index contributed by atoms with van der Waals surface area (Å²) in [5, 5.41) is 10.8. The molecule has 0 spiro atoms. The number of morpholine rings is 1. The van der Waals surface area contributed by atoms with Gasteiger partial charge >= 0.3 is 0 Å². The highest BCUT2D eigenvalue weighted by Crippen LogP contribution is 2.26. The summed E-state index contributed by atoms with van der Waals surface area (Å²) in [6.45, 7) is 2.99. The zero-order valence-corrected chi connectivity index (χ0v) is 10.6. The summed E-state index contributed by atoms with van der Waals surface area (Å²) in [5.74, 6) is 0. The third-order valence-corrected chi connectivity index (χ3v) is 3.00. The summed E-state index contributed by atoms with van der Waals surface area (Å²) in [5.41, 5.74) is 3.49. The fraction of sp³-hybridized carbons (Fsp3) is 0.400. The van der Waals surface area contributed by atoms with Crippen molar-refractivity contribution in [1.29, 1.82) is 0 Å². The number of hydrazine groups is 1. The predicted octanol–water partition coefficient (Wildman–Crippen LogP) is 2.83. The van der Waals surface area contributed by atoms with Crippen molar-refractivity contribution in [3.8, 4) is 0 Å². The van der Waals surface area contributed by atoms with Crippen molar-refractivity contribution in [2.75, 3.05) is 26.3 Å². The van der Waals surface area contributed by atoms with Crippen LogP contribution in [0.25, 0.3) is 0 Å².